The van der Waals surface area contributed by atoms with E-state index in [9.17, 15) is 0 Å². The lowest BCUT2D eigenvalue weighted by atomic mass is 9.53. The van der Waals surface area contributed by atoms with Crippen molar-refractivity contribution < 1.29 is 0 Å². The molecule has 0 saturated heterocycles. The first-order valence-electron chi connectivity index (χ1n) is 6.09. The van der Waals surface area contributed by atoms with Crippen LogP contribution in [0.2, 0.25) is 0 Å². The minimum absolute atomic E-state index is 0.325. The molecule has 0 saturated carbocycles. The molecule has 0 spiro atoms. The van der Waals surface area contributed by atoms with Crippen LogP contribution in [-0.2, 0) is 12.8 Å². The van der Waals surface area contributed by atoms with E-state index >= 15 is 0 Å². The fraction of sp³-hybridized carbons (Fsp3) is 0.786. The van der Waals surface area contributed by atoms with Crippen LogP contribution in [0, 0.1) is 16.2 Å². The molecule has 1 heterocycles. The van der Waals surface area contributed by atoms with Crippen LogP contribution in [0.3, 0.4) is 0 Å². The molecule has 1 aromatic rings. The molecule has 0 aromatic carbocycles. The third-order valence-corrected chi connectivity index (χ3v) is 5.40. The molecule has 0 unspecified atom stereocenters. The summed E-state index contributed by atoms with van der Waals surface area (Å²) in [5.74, 6) is 0. The minimum Gasteiger partial charge on any atom is -0.249 e. The van der Waals surface area contributed by atoms with Crippen molar-refractivity contribution in [2.75, 3.05) is 0 Å². The largest absolute Gasteiger partial charge is 0.249 e. The Morgan fingerprint density at radius 3 is 2.06 bits per heavy atom. The highest BCUT2D eigenvalue weighted by Crippen LogP contribution is 2.59. The van der Waals surface area contributed by atoms with E-state index in [1.807, 2.05) is 16.8 Å². The SMILES string of the molecule is CC(C)(C)C1(C(C)(C)C)Cc2ncsc2C1. The van der Waals surface area contributed by atoms with Crippen molar-refractivity contribution >= 4 is 11.3 Å². The quantitative estimate of drug-likeness (QED) is 0.655. The lowest BCUT2D eigenvalue weighted by Crippen LogP contribution is -2.47. The number of nitrogens with zero attached hydrogens (tertiary/aromatic N) is 1. The summed E-state index contributed by atoms with van der Waals surface area (Å²) < 4.78 is 0. The number of hydrogen-bond donors (Lipinski definition) is 0. The second kappa shape index (κ2) is 3.32. The van der Waals surface area contributed by atoms with E-state index in [1.165, 1.54) is 17.0 Å². The average Bonchev–Trinajstić information content (AvgIpc) is 2.53. The van der Waals surface area contributed by atoms with Crippen LogP contribution in [0.4, 0.5) is 0 Å². The van der Waals surface area contributed by atoms with Gasteiger partial charge >= 0.3 is 0 Å². The van der Waals surface area contributed by atoms with Crippen molar-refractivity contribution in [3.63, 3.8) is 0 Å². The average molecular weight is 237 g/mol. The van der Waals surface area contributed by atoms with Gasteiger partial charge in [0.2, 0.25) is 0 Å². The maximum Gasteiger partial charge on any atom is 0.0797 e. The van der Waals surface area contributed by atoms with Gasteiger partial charge in [-0.3, -0.25) is 0 Å². The minimum atomic E-state index is 0.325. The van der Waals surface area contributed by atoms with Gasteiger partial charge < -0.3 is 0 Å². The molecule has 1 aliphatic carbocycles. The third kappa shape index (κ3) is 1.54. The Bertz CT molecular complexity index is 353. The van der Waals surface area contributed by atoms with Gasteiger partial charge in [0.05, 0.1) is 11.2 Å². The van der Waals surface area contributed by atoms with Crippen molar-refractivity contribution in [2.45, 2.75) is 54.4 Å². The molecule has 2 heteroatoms. The van der Waals surface area contributed by atoms with Gasteiger partial charge in [-0.2, -0.15) is 0 Å². The molecule has 1 aromatic heterocycles. The van der Waals surface area contributed by atoms with E-state index in [4.69, 9.17) is 0 Å². The van der Waals surface area contributed by atoms with Crippen LogP contribution in [0.25, 0.3) is 0 Å². The Kier molecular flexibility index (Phi) is 2.51. The van der Waals surface area contributed by atoms with Crippen LogP contribution in [0.5, 0.6) is 0 Å². The first kappa shape index (κ1) is 12.1. The second-order valence-corrected chi connectivity index (χ2v) is 8.10. The lowest BCUT2D eigenvalue weighted by Gasteiger charge is -2.51. The van der Waals surface area contributed by atoms with Gasteiger partial charge in [0, 0.05) is 4.88 Å². The fourth-order valence-electron chi connectivity index (χ4n) is 3.39. The van der Waals surface area contributed by atoms with E-state index in [2.05, 4.69) is 46.5 Å². The van der Waals surface area contributed by atoms with Crippen molar-refractivity contribution in [1.82, 2.24) is 4.98 Å². The van der Waals surface area contributed by atoms with Crippen LogP contribution in [0.1, 0.15) is 52.1 Å². The number of hydrogen-bond acceptors (Lipinski definition) is 2. The summed E-state index contributed by atoms with van der Waals surface area (Å²) >= 11 is 1.84. The zero-order valence-corrected chi connectivity index (χ0v) is 12.2. The summed E-state index contributed by atoms with van der Waals surface area (Å²) in [4.78, 5) is 6.06. The van der Waals surface area contributed by atoms with Gasteiger partial charge in [-0.25, -0.2) is 4.98 Å². The highest BCUT2D eigenvalue weighted by molar-refractivity contribution is 7.09. The molecule has 0 fully saturated rings. The van der Waals surface area contributed by atoms with Gasteiger partial charge in [-0.15, -0.1) is 11.3 Å². The predicted octanol–water partition coefficient (Wildman–Crippen LogP) is 4.32. The maximum atomic E-state index is 4.54. The topological polar surface area (TPSA) is 12.9 Å². The van der Waals surface area contributed by atoms with E-state index in [0.717, 1.165) is 6.42 Å². The Hall–Kier alpha value is -0.370. The number of rotatable bonds is 0. The molecule has 0 aliphatic heterocycles. The molecule has 1 aliphatic rings. The number of aromatic nitrogens is 1. The molecule has 0 radical (unpaired) electrons. The summed E-state index contributed by atoms with van der Waals surface area (Å²) in [7, 11) is 0. The van der Waals surface area contributed by atoms with Crippen LogP contribution >= 0.6 is 11.3 Å². The third-order valence-electron chi connectivity index (χ3n) is 4.53. The van der Waals surface area contributed by atoms with Crippen LogP contribution in [0.15, 0.2) is 5.51 Å². The van der Waals surface area contributed by atoms with Crippen LogP contribution in [-0.4, -0.2) is 4.98 Å². The van der Waals surface area contributed by atoms with E-state index in [0.29, 0.717) is 16.2 Å². The smallest absolute Gasteiger partial charge is 0.0797 e. The number of fused-ring (bicyclic) bond motifs is 1. The summed E-state index contributed by atoms with van der Waals surface area (Å²) in [6.07, 6.45) is 2.36. The van der Waals surface area contributed by atoms with Gasteiger partial charge in [-0.05, 0) is 29.1 Å². The zero-order valence-electron chi connectivity index (χ0n) is 11.3. The highest BCUT2D eigenvalue weighted by Gasteiger charge is 2.54. The molecular formula is C14H23NS. The monoisotopic (exact) mass is 237 g/mol. The molecule has 90 valence electrons. The van der Waals surface area contributed by atoms with Crippen molar-refractivity contribution in [3.05, 3.63) is 16.1 Å². The van der Waals surface area contributed by atoms with Crippen LogP contribution < -0.4 is 0 Å². The molecule has 0 N–H and O–H groups in total. The molecule has 2 rings (SSSR count). The van der Waals surface area contributed by atoms with E-state index in [1.54, 1.807) is 0 Å². The van der Waals surface area contributed by atoms with E-state index < -0.39 is 0 Å². The highest BCUT2D eigenvalue weighted by atomic mass is 32.1. The predicted molar refractivity (Wildman–Crippen MR) is 70.9 cm³/mol. The van der Waals surface area contributed by atoms with Crippen molar-refractivity contribution in [1.29, 1.82) is 0 Å². The standard InChI is InChI=1S/C14H23NS/c1-12(2,3)14(13(4,5)6)7-10-11(8-14)16-9-15-10/h9H,7-8H2,1-6H3. The van der Waals surface area contributed by atoms with E-state index in [-0.39, 0.29) is 0 Å². The second-order valence-electron chi connectivity index (χ2n) is 7.16. The zero-order chi connectivity index (χ0) is 12.2. The molecule has 16 heavy (non-hydrogen) atoms. The molecule has 0 bridgehead atoms. The number of thiazole rings is 1. The normalized spacial score (nSPS) is 19.9. The summed E-state index contributed by atoms with van der Waals surface area (Å²) in [5, 5.41) is 0. The molecule has 0 atom stereocenters. The Morgan fingerprint density at radius 1 is 1.06 bits per heavy atom. The first-order chi connectivity index (χ1) is 7.17. The molecular weight excluding hydrogens is 214 g/mol. The van der Waals surface area contributed by atoms with Crippen molar-refractivity contribution in [3.8, 4) is 0 Å². The molecule has 0 amide bonds. The summed E-state index contributed by atoms with van der Waals surface area (Å²) in [5.41, 5.74) is 4.36. The van der Waals surface area contributed by atoms with Gasteiger partial charge in [0.1, 0.15) is 0 Å². The van der Waals surface area contributed by atoms with Gasteiger partial charge in [0.15, 0.2) is 0 Å². The summed E-state index contributed by atoms with van der Waals surface area (Å²) in [6.45, 7) is 14.3. The maximum absolute atomic E-state index is 4.54. The Morgan fingerprint density at radius 2 is 1.62 bits per heavy atom. The Labute approximate surface area is 103 Å². The van der Waals surface area contributed by atoms with Gasteiger partial charge in [-0.1, -0.05) is 41.5 Å². The Balaban J connectivity index is 2.46. The summed E-state index contributed by atoms with van der Waals surface area (Å²) in [6, 6.07) is 0. The first-order valence-corrected chi connectivity index (χ1v) is 6.97. The van der Waals surface area contributed by atoms with Crippen molar-refractivity contribution in [2.24, 2.45) is 16.2 Å². The molecule has 1 nitrogen and oxygen atoms in total. The fourth-order valence-corrected chi connectivity index (χ4v) is 4.29. The van der Waals surface area contributed by atoms with Gasteiger partial charge in [0.25, 0.3) is 0 Å². The lowest BCUT2D eigenvalue weighted by molar-refractivity contribution is -0.0222.